The third kappa shape index (κ3) is 2.92. The van der Waals surface area contributed by atoms with Gasteiger partial charge in [0.1, 0.15) is 4.88 Å². The molecule has 1 heterocycles. The van der Waals surface area contributed by atoms with Crippen molar-refractivity contribution >= 4 is 49.2 Å². The first-order valence-electron chi connectivity index (χ1n) is 2.73. The zero-order valence-corrected chi connectivity index (χ0v) is 9.28. The van der Waals surface area contributed by atoms with E-state index in [9.17, 15) is 4.79 Å². The summed E-state index contributed by atoms with van der Waals surface area (Å²) in [4.78, 5) is 11.6. The molecule has 0 amide bonds. The van der Waals surface area contributed by atoms with E-state index in [4.69, 9.17) is 4.74 Å². The molecule has 0 saturated carbocycles. The number of rotatable bonds is 2. The van der Waals surface area contributed by atoms with Crippen LogP contribution in [0.2, 0.25) is 0 Å². The van der Waals surface area contributed by atoms with E-state index in [1.807, 2.05) is 5.38 Å². The molecule has 1 aromatic heterocycles. The van der Waals surface area contributed by atoms with Gasteiger partial charge < -0.3 is 4.74 Å². The molecule has 0 aromatic carbocycles. The summed E-state index contributed by atoms with van der Waals surface area (Å²) < 4.78 is 4.39. The van der Waals surface area contributed by atoms with Crippen LogP contribution >= 0.6 is 43.2 Å². The topological polar surface area (TPSA) is 26.3 Å². The maximum absolute atomic E-state index is 11.0. The standard InChI is InChI=1S/C6H4Br2O2S/c7-6(8)10-5(9)4-2-1-3-11-4/h1-3,6H. The molecule has 0 atom stereocenters. The fourth-order valence-corrected chi connectivity index (χ4v) is 1.48. The van der Waals surface area contributed by atoms with E-state index in [1.54, 1.807) is 12.1 Å². The monoisotopic (exact) mass is 298 g/mol. The summed E-state index contributed by atoms with van der Waals surface area (Å²) >= 11 is 7.43. The molecule has 0 aliphatic carbocycles. The van der Waals surface area contributed by atoms with Crippen LogP contribution in [-0.2, 0) is 4.74 Å². The largest absolute Gasteiger partial charge is 0.435 e. The molecule has 0 fully saturated rings. The predicted octanol–water partition coefficient (Wildman–Crippen LogP) is 2.98. The smallest absolute Gasteiger partial charge is 0.350 e. The van der Waals surface area contributed by atoms with Crippen molar-refractivity contribution in [2.45, 2.75) is 3.92 Å². The van der Waals surface area contributed by atoms with Crippen LogP contribution in [0.25, 0.3) is 0 Å². The van der Waals surface area contributed by atoms with Crippen molar-refractivity contribution in [3.05, 3.63) is 22.4 Å². The molecule has 60 valence electrons. The van der Waals surface area contributed by atoms with Crippen LogP contribution < -0.4 is 0 Å². The number of ether oxygens (including phenoxy) is 1. The van der Waals surface area contributed by atoms with Crippen LogP contribution in [0.1, 0.15) is 9.67 Å². The van der Waals surface area contributed by atoms with Gasteiger partial charge in [-0.25, -0.2) is 4.79 Å². The Kier molecular flexibility index (Phi) is 3.54. The van der Waals surface area contributed by atoms with Crippen LogP contribution in [0.5, 0.6) is 0 Å². The number of carbonyl (C=O) groups is 1. The normalized spacial score (nSPS) is 10.1. The van der Waals surface area contributed by atoms with Crippen molar-refractivity contribution in [1.82, 2.24) is 0 Å². The maximum atomic E-state index is 11.0. The molecule has 0 N–H and O–H groups in total. The van der Waals surface area contributed by atoms with Crippen LogP contribution in [0.3, 0.4) is 0 Å². The molecule has 1 rings (SSSR count). The number of carbonyl (C=O) groups excluding carboxylic acids is 1. The summed E-state index contributed by atoms with van der Waals surface area (Å²) in [5, 5.41) is 1.83. The Hall–Kier alpha value is 0.130. The fourth-order valence-electron chi connectivity index (χ4n) is 0.534. The number of alkyl halides is 2. The molecular weight excluding hydrogens is 296 g/mol. The minimum Gasteiger partial charge on any atom is -0.435 e. The van der Waals surface area contributed by atoms with Gasteiger partial charge in [-0.05, 0) is 43.3 Å². The van der Waals surface area contributed by atoms with Crippen molar-refractivity contribution in [3.8, 4) is 0 Å². The minimum absolute atomic E-state index is 0.321. The van der Waals surface area contributed by atoms with Gasteiger partial charge in [-0.1, -0.05) is 6.07 Å². The van der Waals surface area contributed by atoms with Crippen molar-refractivity contribution < 1.29 is 9.53 Å². The second-order valence-corrected chi connectivity index (χ2v) is 5.48. The summed E-state index contributed by atoms with van der Waals surface area (Å²) in [6.07, 6.45) is 0. The van der Waals surface area contributed by atoms with E-state index in [2.05, 4.69) is 31.9 Å². The highest BCUT2D eigenvalue weighted by Crippen LogP contribution is 2.15. The average molecular weight is 300 g/mol. The van der Waals surface area contributed by atoms with E-state index < -0.39 is 3.92 Å². The Balaban J connectivity index is 2.57. The van der Waals surface area contributed by atoms with Crippen molar-refractivity contribution in [1.29, 1.82) is 0 Å². The van der Waals surface area contributed by atoms with Crippen LogP contribution in [0, 0.1) is 0 Å². The van der Waals surface area contributed by atoms with E-state index in [1.165, 1.54) is 11.3 Å². The Morgan fingerprint density at radius 2 is 2.36 bits per heavy atom. The van der Waals surface area contributed by atoms with Crippen molar-refractivity contribution in [3.63, 3.8) is 0 Å². The third-order valence-corrected chi connectivity index (χ3v) is 2.14. The van der Waals surface area contributed by atoms with E-state index >= 15 is 0 Å². The van der Waals surface area contributed by atoms with E-state index in [0.29, 0.717) is 4.88 Å². The lowest BCUT2D eigenvalue weighted by Crippen LogP contribution is -2.05. The summed E-state index contributed by atoms with van der Waals surface area (Å²) in [6.45, 7) is 0. The van der Waals surface area contributed by atoms with Gasteiger partial charge in [-0.15, -0.1) is 11.3 Å². The first kappa shape index (κ1) is 9.22. The Morgan fingerprint density at radius 3 is 2.82 bits per heavy atom. The highest BCUT2D eigenvalue weighted by Gasteiger charge is 2.10. The molecule has 0 spiro atoms. The number of esters is 1. The quantitative estimate of drug-likeness (QED) is 0.620. The fraction of sp³-hybridized carbons (Fsp3) is 0.167. The molecule has 2 nitrogen and oxygen atoms in total. The first-order valence-corrected chi connectivity index (χ1v) is 5.44. The van der Waals surface area contributed by atoms with Crippen LogP contribution in [-0.4, -0.2) is 9.89 Å². The van der Waals surface area contributed by atoms with E-state index in [-0.39, 0.29) is 5.97 Å². The molecule has 0 saturated heterocycles. The Bertz CT molecular complexity index is 233. The molecule has 1 aromatic rings. The molecule has 0 aliphatic heterocycles. The molecule has 0 bridgehead atoms. The molecule has 11 heavy (non-hydrogen) atoms. The second kappa shape index (κ2) is 4.23. The molecular formula is C6H4Br2O2S. The lowest BCUT2D eigenvalue weighted by atomic mass is 10.5. The summed E-state index contributed by atoms with van der Waals surface area (Å²) in [5.41, 5.74) is 0. The average Bonchev–Trinajstić information content (AvgIpc) is 2.35. The molecule has 0 aliphatic rings. The zero-order valence-electron chi connectivity index (χ0n) is 5.29. The van der Waals surface area contributed by atoms with Gasteiger partial charge in [0, 0.05) is 0 Å². The lowest BCUT2D eigenvalue weighted by molar-refractivity contribution is 0.0566. The third-order valence-electron chi connectivity index (χ3n) is 0.918. The highest BCUT2D eigenvalue weighted by atomic mass is 79.9. The summed E-state index contributed by atoms with van der Waals surface area (Å²) in [6, 6.07) is 3.52. The molecule has 0 unspecified atom stereocenters. The van der Waals surface area contributed by atoms with Gasteiger partial charge in [0.25, 0.3) is 0 Å². The second-order valence-electron chi connectivity index (χ2n) is 1.64. The zero-order chi connectivity index (χ0) is 8.27. The van der Waals surface area contributed by atoms with Gasteiger partial charge in [-0.2, -0.15) is 0 Å². The van der Waals surface area contributed by atoms with Gasteiger partial charge in [0.2, 0.25) is 3.92 Å². The SMILES string of the molecule is O=C(OC(Br)Br)c1cccs1. The summed E-state index contributed by atoms with van der Waals surface area (Å²) in [5.74, 6) is -0.321. The first-order chi connectivity index (χ1) is 5.20. The number of halogens is 2. The molecule has 5 heteroatoms. The highest BCUT2D eigenvalue weighted by molar-refractivity contribution is 9.24. The van der Waals surface area contributed by atoms with Gasteiger partial charge >= 0.3 is 5.97 Å². The van der Waals surface area contributed by atoms with Gasteiger partial charge in [0.15, 0.2) is 0 Å². The lowest BCUT2D eigenvalue weighted by Gasteiger charge is -2.01. The van der Waals surface area contributed by atoms with E-state index in [0.717, 1.165) is 0 Å². The van der Waals surface area contributed by atoms with Crippen molar-refractivity contribution in [2.24, 2.45) is 0 Å². The Labute approximate surface area is 84.8 Å². The maximum Gasteiger partial charge on any atom is 0.350 e. The minimum atomic E-state index is -0.412. The number of hydrogen-bond acceptors (Lipinski definition) is 3. The van der Waals surface area contributed by atoms with Gasteiger partial charge in [0.05, 0.1) is 0 Å². The van der Waals surface area contributed by atoms with Crippen molar-refractivity contribution in [2.75, 3.05) is 0 Å². The van der Waals surface area contributed by atoms with Crippen LogP contribution in [0.15, 0.2) is 17.5 Å². The Morgan fingerprint density at radius 1 is 1.64 bits per heavy atom. The predicted molar refractivity (Wildman–Crippen MR) is 51.4 cm³/mol. The number of thiophene rings is 1. The van der Waals surface area contributed by atoms with Crippen LogP contribution in [0.4, 0.5) is 0 Å². The molecule has 0 radical (unpaired) electrons. The number of hydrogen-bond donors (Lipinski definition) is 0. The van der Waals surface area contributed by atoms with Gasteiger partial charge in [-0.3, -0.25) is 0 Å². The summed E-state index contributed by atoms with van der Waals surface area (Å²) in [7, 11) is 0.